The van der Waals surface area contributed by atoms with Crippen molar-refractivity contribution in [2.45, 2.75) is 25.7 Å². The van der Waals surface area contributed by atoms with Crippen molar-refractivity contribution in [1.29, 1.82) is 0 Å². The minimum atomic E-state index is 0.0878. The van der Waals surface area contributed by atoms with Gasteiger partial charge in [-0.1, -0.05) is 19.1 Å². The van der Waals surface area contributed by atoms with Crippen molar-refractivity contribution >= 4 is 0 Å². The number of aliphatic hydroxyl groups excluding tert-OH is 1. The molecule has 0 atom stereocenters. The van der Waals surface area contributed by atoms with Gasteiger partial charge in [0.05, 0.1) is 13.7 Å². The van der Waals surface area contributed by atoms with Crippen LogP contribution >= 0.6 is 0 Å². The summed E-state index contributed by atoms with van der Waals surface area (Å²) in [5, 5.41) is 9.16. The van der Waals surface area contributed by atoms with E-state index in [0.717, 1.165) is 23.1 Å². The van der Waals surface area contributed by atoms with Gasteiger partial charge < -0.3 is 9.84 Å². The molecule has 0 aromatic heterocycles. The van der Waals surface area contributed by atoms with Crippen LogP contribution in [0.2, 0.25) is 0 Å². The van der Waals surface area contributed by atoms with Crippen molar-refractivity contribution < 1.29 is 9.84 Å². The van der Waals surface area contributed by atoms with E-state index in [1.807, 2.05) is 13.0 Å². The quantitative estimate of drug-likeness (QED) is 0.818. The molecule has 0 amide bonds. The van der Waals surface area contributed by atoms with Crippen molar-refractivity contribution in [1.82, 2.24) is 0 Å². The van der Waals surface area contributed by atoms with Crippen molar-refractivity contribution in [2.24, 2.45) is 0 Å². The highest BCUT2D eigenvalue weighted by atomic mass is 16.5. The monoisotopic (exact) mass is 205 g/mol. The van der Waals surface area contributed by atoms with Crippen LogP contribution in [0.15, 0.2) is 18.2 Å². The van der Waals surface area contributed by atoms with Gasteiger partial charge >= 0.3 is 0 Å². The molecule has 1 saturated carbocycles. The Morgan fingerprint density at radius 1 is 1.47 bits per heavy atom. The molecule has 1 aromatic rings. The molecule has 1 radical (unpaired) electrons. The fraction of sp³-hybridized carbons (Fsp3) is 0.462. The highest BCUT2D eigenvalue weighted by Gasteiger charge is 2.25. The van der Waals surface area contributed by atoms with Gasteiger partial charge in [0, 0.05) is 11.5 Å². The Bertz CT molecular complexity index is 342. The van der Waals surface area contributed by atoms with Crippen LogP contribution in [0.5, 0.6) is 5.75 Å². The minimum Gasteiger partial charge on any atom is -0.496 e. The molecular weight excluding hydrogens is 188 g/mol. The molecular formula is C13H17O2. The lowest BCUT2D eigenvalue weighted by atomic mass is 9.97. The van der Waals surface area contributed by atoms with E-state index >= 15 is 0 Å². The zero-order valence-corrected chi connectivity index (χ0v) is 9.29. The number of hydrogen-bond acceptors (Lipinski definition) is 2. The van der Waals surface area contributed by atoms with Crippen LogP contribution in [0.25, 0.3) is 0 Å². The van der Waals surface area contributed by atoms with Crippen LogP contribution in [-0.4, -0.2) is 18.8 Å². The number of methoxy groups -OCH3 is 1. The summed E-state index contributed by atoms with van der Waals surface area (Å²) in [6.07, 6.45) is 2.59. The van der Waals surface area contributed by atoms with Crippen LogP contribution < -0.4 is 4.74 Å². The first-order valence-electron chi connectivity index (χ1n) is 5.38. The summed E-state index contributed by atoms with van der Waals surface area (Å²) in [5.41, 5.74) is 2.42. The van der Waals surface area contributed by atoms with E-state index < -0.39 is 0 Å². The summed E-state index contributed by atoms with van der Waals surface area (Å²) < 4.78 is 5.29. The highest BCUT2D eigenvalue weighted by Crippen LogP contribution is 2.42. The average molecular weight is 205 g/mol. The van der Waals surface area contributed by atoms with E-state index in [4.69, 9.17) is 9.84 Å². The third kappa shape index (κ3) is 2.15. The first-order chi connectivity index (χ1) is 7.26. The van der Waals surface area contributed by atoms with E-state index in [1.54, 1.807) is 7.11 Å². The second-order valence-corrected chi connectivity index (χ2v) is 4.17. The summed E-state index contributed by atoms with van der Waals surface area (Å²) in [4.78, 5) is 0. The Morgan fingerprint density at radius 3 is 2.73 bits per heavy atom. The summed E-state index contributed by atoms with van der Waals surface area (Å²) in [5.74, 6) is 2.56. The molecule has 1 aliphatic rings. The predicted octanol–water partition coefficient (Wildman–Crippen LogP) is 2.51. The third-order valence-corrected chi connectivity index (χ3v) is 2.97. The second kappa shape index (κ2) is 4.23. The topological polar surface area (TPSA) is 29.5 Å². The smallest absolute Gasteiger partial charge is 0.122 e. The van der Waals surface area contributed by atoms with Gasteiger partial charge in [0.25, 0.3) is 0 Å². The number of aliphatic hydroxyl groups is 1. The van der Waals surface area contributed by atoms with Gasteiger partial charge in [-0.3, -0.25) is 0 Å². The first-order valence-corrected chi connectivity index (χ1v) is 5.38. The molecule has 0 saturated heterocycles. The van der Waals surface area contributed by atoms with Crippen molar-refractivity contribution in [2.75, 3.05) is 13.7 Å². The molecule has 15 heavy (non-hydrogen) atoms. The van der Waals surface area contributed by atoms with E-state index in [2.05, 4.69) is 12.1 Å². The lowest BCUT2D eigenvalue weighted by Crippen LogP contribution is -2.03. The van der Waals surface area contributed by atoms with Gasteiger partial charge in [-0.25, -0.2) is 0 Å². The summed E-state index contributed by atoms with van der Waals surface area (Å²) in [7, 11) is 1.67. The van der Waals surface area contributed by atoms with Gasteiger partial charge in [0.15, 0.2) is 0 Å². The Morgan fingerprint density at radius 2 is 2.20 bits per heavy atom. The normalized spacial score (nSPS) is 15.7. The first kappa shape index (κ1) is 10.5. The van der Waals surface area contributed by atoms with Crippen molar-refractivity contribution in [3.8, 4) is 5.75 Å². The third-order valence-electron chi connectivity index (χ3n) is 2.97. The van der Waals surface area contributed by atoms with E-state index in [1.165, 1.54) is 18.4 Å². The van der Waals surface area contributed by atoms with E-state index in [0.29, 0.717) is 0 Å². The van der Waals surface area contributed by atoms with Crippen LogP contribution in [0.4, 0.5) is 0 Å². The van der Waals surface area contributed by atoms with Crippen molar-refractivity contribution in [3.05, 3.63) is 35.2 Å². The van der Waals surface area contributed by atoms with Crippen LogP contribution in [0, 0.1) is 5.92 Å². The molecule has 2 rings (SSSR count). The molecule has 2 nitrogen and oxygen atoms in total. The van der Waals surface area contributed by atoms with Gasteiger partial charge in [0.2, 0.25) is 0 Å². The average Bonchev–Trinajstić information content (AvgIpc) is 3.11. The molecule has 0 heterocycles. The molecule has 0 aliphatic heterocycles. The lowest BCUT2D eigenvalue weighted by molar-refractivity contribution is 0.312. The van der Waals surface area contributed by atoms with E-state index in [-0.39, 0.29) is 6.61 Å². The summed E-state index contributed by atoms with van der Waals surface area (Å²) in [6, 6.07) is 6.29. The Hall–Kier alpha value is -1.02. The van der Waals surface area contributed by atoms with E-state index in [9.17, 15) is 0 Å². The molecule has 1 aliphatic carbocycles. The van der Waals surface area contributed by atoms with Gasteiger partial charge in [-0.05, 0) is 30.4 Å². The zero-order chi connectivity index (χ0) is 10.8. The Balaban J connectivity index is 2.33. The summed E-state index contributed by atoms with van der Waals surface area (Å²) in [6.45, 7) is 2.03. The van der Waals surface area contributed by atoms with Gasteiger partial charge in [-0.15, -0.1) is 0 Å². The molecule has 1 aromatic carbocycles. The summed E-state index contributed by atoms with van der Waals surface area (Å²) >= 11 is 0. The molecule has 81 valence electrons. The van der Waals surface area contributed by atoms with Crippen LogP contribution in [0.3, 0.4) is 0 Å². The van der Waals surface area contributed by atoms with Gasteiger partial charge in [-0.2, -0.15) is 0 Å². The maximum absolute atomic E-state index is 9.16. The fourth-order valence-electron chi connectivity index (χ4n) is 1.81. The number of benzene rings is 1. The number of ether oxygens (including phenoxy) is 1. The Labute approximate surface area is 90.9 Å². The number of rotatable bonds is 4. The Kier molecular flexibility index (Phi) is 2.96. The standard InChI is InChI=1S/C13H17O2/c1-9(8-14)12-7-11(10-3-4-10)5-6-13(12)15-2/h5-7,10,14H,3-4,8H2,1-2H3. The molecule has 0 spiro atoms. The van der Waals surface area contributed by atoms with Crippen LogP contribution in [-0.2, 0) is 0 Å². The fourth-order valence-corrected chi connectivity index (χ4v) is 1.81. The number of hydrogen-bond donors (Lipinski definition) is 1. The lowest BCUT2D eigenvalue weighted by Gasteiger charge is -2.14. The predicted molar refractivity (Wildman–Crippen MR) is 60.1 cm³/mol. The molecule has 0 unspecified atom stereocenters. The molecule has 1 N–H and O–H groups in total. The second-order valence-electron chi connectivity index (χ2n) is 4.17. The SMILES string of the molecule is COc1ccc(C2CC2)cc1[C](C)CO. The zero-order valence-electron chi connectivity index (χ0n) is 9.29. The van der Waals surface area contributed by atoms with Gasteiger partial charge in [0.1, 0.15) is 5.75 Å². The maximum atomic E-state index is 9.16. The largest absolute Gasteiger partial charge is 0.496 e. The molecule has 1 fully saturated rings. The molecule has 0 bridgehead atoms. The van der Waals surface area contributed by atoms with Crippen LogP contribution in [0.1, 0.15) is 36.8 Å². The molecule has 2 heteroatoms. The minimum absolute atomic E-state index is 0.0878. The maximum Gasteiger partial charge on any atom is 0.122 e. The highest BCUT2D eigenvalue weighted by molar-refractivity contribution is 5.47. The van der Waals surface area contributed by atoms with Crippen molar-refractivity contribution in [3.63, 3.8) is 0 Å².